The van der Waals surface area contributed by atoms with Gasteiger partial charge in [0.2, 0.25) is 20.0 Å². The second kappa shape index (κ2) is 7.67. The topological polar surface area (TPSA) is 110 Å². The lowest BCUT2D eigenvalue weighted by molar-refractivity contribution is 0.399. The third kappa shape index (κ3) is 4.27. The molecule has 0 unspecified atom stereocenters. The van der Waals surface area contributed by atoms with Crippen LogP contribution >= 0.6 is 12.4 Å². The van der Waals surface area contributed by atoms with E-state index in [2.05, 4.69) is 4.72 Å². The van der Waals surface area contributed by atoms with Crippen molar-refractivity contribution in [3.63, 3.8) is 0 Å². The first kappa shape index (κ1) is 21.3. The van der Waals surface area contributed by atoms with Gasteiger partial charge in [-0.25, -0.2) is 25.9 Å². The van der Waals surface area contributed by atoms with E-state index in [1.165, 1.54) is 38.4 Å². The van der Waals surface area contributed by atoms with Crippen LogP contribution in [0.5, 0.6) is 0 Å². The van der Waals surface area contributed by atoms with Crippen LogP contribution in [-0.2, 0) is 20.0 Å². The minimum atomic E-state index is -3.84. The van der Waals surface area contributed by atoms with Gasteiger partial charge in [-0.2, -0.15) is 0 Å². The quantitative estimate of drug-likeness (QED) is 0.741. The minimum absolute atomic E-state index is 0. The first-order chi connectivity index (χ1) is 10.6. The zero-order chi connectivity index (χ0) is 17.3. The van der Waals surface area contributed by atoms with Gasteiger partial charge < -0.3 is 5.73 Å². The lowest BCUT2D eigenvalue weighted by Crippen LogP contribution is -2.51. The molecule has 0 spiro atoms. The van der Waals surface area contributed by atoms with Crippen LogP contribution in [-0.4, -0.2) is 47.3 Å². The molecule has 0 amide bonds. The highest BCUT2D eigenvalue weighted by Gasteiger charge is 2.37. The van der Waals surface area contributed by atoms with Crippen LogP contribution in [0.4, 0.5) is 0 Å². The molecule has 1 aromatic rings. The van der Waals surface area contributed by atoms with Crippen LogP contribution in [0, 0.1) is 0 Å². The van der Waals surface area contributed by atoms with Crippen molar-refractivity contribution < 1.29 is 16.8 Å². The van der Waals surface area contributed by atoms with E-state index >= 15 is 0 Å². The summed E-state index contributed by atoms with van der Waals surface area (Å²) in [6, 6.07) is 5.37. The first-order valence-electron chi connectivity index (χ1n) is 7.40. The summed E-state index contributed by atoms with van der Waals surface area (Å²) in [5.74, 6) is 0. The molecule has 1 saturated carbocycles. The molecule has 2 rings (SSSR count). The molecular formula is C14H24ClN3O4S2. The Labute approximate surface area is 150 Å². The number of nitrogens with two attached hydrogens (primary N) is 1. The lowest BCUT2D eigenvalue weighted by atomic mass is 10.0. The number of sulfonamides is 2. The molecule has 7 nitrogen and oxygen atoms in total. The lowest BCUT2D eigenvalue weighted by Gasteiger charge is -2.28. The molecule has 1 fully saturated rings. The standard InChI is InChI=1S/C14H23N3O4S2.ClH/c1-17(2)23(20,21)13-7-5-6-12(10-13)22(18,19)16-14(11-15)8-3-4-9-14;/h5-7,10,16H,3-4,8-9,11,15H2,1-2H3;1H. The van der Waals surface area contributed by atoms with Gasteiger partial charge in [-0.05, 0) is 31.0 Å². The molecule has 0 saturated heterocycles. The van der Waals surface area contributed by atoms with Crippen molar-refractivity contribution in [3.05, 3.63) is 24.3 Å². The van der Waals surface area contributed by atoms with Crippen molar-refractivity contribution in [3.8, 4) is 0 Å². The van der Waals surface area contributed by atoms with Crippen molar-refractivity contribution in [1.29, 1.82) is 0 Å². The van der Waals surface area contributed by atoms with E-state index in [-0.39, 0.29) is 28.7 Å². The number of nitrogens with zero attached hydrogens (tertiary/aromatic N) is 1. The molecule has 138 valence electrons. The van der Waals surface area contributed by atoms with Crippen molar-refractivity contribution in [2.24, 2.45) is 5.73 Å². The van der Waals surface area contributed by atoms with E-state index in [1.54, 1.807) is 0 Å². The highest BCUT2D eigenvalue weighted by molar-refractivity contribution is 7.90. The Balaban J connectivity index is 0.00000288. The van der Waals surface area contributed by atoms with E-state index in [0.717, 1.165) is 17.1 Å². The normalized spacial score (nSPS) is 17.7. The highest BCUT2D eigenvalue weighted by atomic mass is 35.5. The maximum Gasteiger partial charge on any atom is 0.242 e. The molecule has 1 aliphatic rings. The Morgan fingerprint density at radius 1 is 1.12 bits per heavy atom. The monoisotopic (exact) mass is 397 g/mol. The minimum Gasteiger partial charge on any atom is -0.329 e. The van der Waals surface area contributed by atoms with Crippen LogP contribution in [0.25, 0.3) is 0 Å². The van der Waals surface area contributed by atoms with Crippen LogP contribution in [0.2, 0.25) is 0 Å². The fourth-order valence-electron chi connectivity index (χ4n) is 2.76. The van der Waals surface area contributed by atoms with Gasteiger partial charge >= 0.3 is 0 Å². The van der Waals surface area contributed by atoms with Gasteiger partial charge in [-0.15, -0.1) is 12.4 Å². The molecule has 0 radical (unpaired) electrons. The SMILES string of the molecule is CN(C)S(=O)(=O)c1cccc(S(=O)(=O)NC2(CN)CCCC2)c1.Cl. The van der Waals surface area contributed by atoms with E-state index in [1.807, 2.05) is 0 Å². The van der Waals surface area contributed by atoms with Crippen LogP contribution in [0.1, 0.15) is 25.7 Å². The van der Waals surface area contributed by atoms with Gasteiger partial charge in [0.15, 0.2) is 0 Å². The third-order valence-corrected chi connectivity index (χ3v) is 7.58. The predicted molar refractivity (Wildman–Crippen MR) is 95.1 cm³/mol. The van der Waals surface area contributed by atoms with Crippen LogP contribution in [0.3, 0.4) is 0 Å². The van der Waals surface area contributed by atoms with Gasteiger partial charge in [0.1, 0.15) is 0 Å². The summed E-state index contributed by atoms with van der Waals surface area (Å²) in [5, 5.41) is 0. The van der Waals surface area contributed by atoms with E-state index in [4.69, 9.17) is 5.73 Å². The Morgan fingerprint density at radius 2 is 1.67 bits per heavy atom. The molecule has 0 aromatic heterocycles. The fraction of sp³-hybridized carbons (Fsp3) is 0.571. The zero-order valence-electron chi connectivity index (χ0n) is 13.7. The average Bonchev–Trinajstić information content (AvgIpc) is 2.95. The first-order valence-corrected chi connectivity index (χ1v) is 10.3. The number of rotatable bonds is 6. The van der Waals surface area contributed by atoms with Gasteiger partial charge in [0.05, 0.1) is 9.79 Å². The average molecular weight is 398 g/mol. The molecule has 0 heterocycles. The van der Waals surface area contributed by atoms with Gasteiger partial charge in [-0.3, -0.25) is 0 Å². The van der Waals surface area contributed by atoms with E-state index in [0.29, 0.717) is 12.8 Å². The highest BCUT2D eigenvalue weighted by Crippen LogP contribution is 2.30. The molecule has 1 aromatic carbocycles. The van der Waals surface area contributed by atoms with Crippen molar-refractivity contribution >= 4 is 32.5 Å². The Kier molecular flexibility index (Phi) is 6.82. The molecule has 3 N–H and O–H groups in total. The van der Waals surface area contributed by atoms with E-state index < -0.39 is 25.6 Å². The summed E-state index contributed by atoms with van der Waals surface area (Å²) in [7, 11) is -4.73. The summed E-state index contributed by atoms with van der Waals surface area (Å²) in [6.07, 6.45) is 3.24. The Hall–Kier alpha value is -0.710. The van der Waals surface area contributed by atoms with Crippen LogP contribution in [0.15, 0.2) is 34.1 Å². The molecule has 1 aliphatic carbocycles. The van der Waals surface area contributed by atoms with Gasteiger partial charge in [-0.1, -0.05) is 18.9 Å². The van der Waals surface area contributed by atoms with Crippen molar-refractivity contribution in [2.45, 2.75) is 41.0 Å². The van der Waals surface area contributed by atoms with Crippen molar-refractivity contribution in [1.82, 2.24) is 9.03 Å². The number of halogens is 1. The molecule has 24 heavy (non-hydrogen) atoms. The largest absolute Gasteiger partial charge is 0.329 e. The fourth-order valence-corrected chi connectivity index (χ4v) is 5.29. The van der Waals surface area contributed by atoms with Gasteiger partial charge in [0.25, 0.3) is 0 Å². The molecule has 10 heteroatoms. The maximum atomic E-state index is 12.6. The third-order valence-electron chi connectivity index (χ3n) is 4.20. The summed E-state index contributed by atoms with van der Waals surface area (Å²) >= 11 is 0. The summed E-state index contributed by atoms with van der Waals surface area (Å²) in [5.41, 5.74) is 5.13. The molecule has 0 bridgehead atoms. The molecule has 0 atom stereocenters. The van der Waals surface area contributed by atoms with Crippen molar-refractivity contribution in [2.75, 3.05) is 20.6 Å². The zero-order valence-corrected chi connectivity index (χ0v) is 16.2. The summed E-state index contributed by atoms with van der Waals surface area (Å²) in [6.45, 7) is 0.224. The van der Waals surface area contributed by atoms with Crippen LogP contribution < -0.4 is 10.5 Å². The second-order valence-corrected chi connectivity index (χ2v) is 9.89. The number of hydrogen-bond acceptors (Lipinski definition) is 5. The van der Waals surface area contributed by atoms with E-state index in [9.17, 15) is 16.8 Å². The smallest absolute Gasteiger partial charge is 0.242 e. The Bertz CT molecular complexity index is 773. The summed E-state index contributed by atoms with van der Waals surface area (Å²) < 4.78 is 53.3. The number of benzene rings is 1. The maximum absolute atomic E-state index is 12.6. The number of nitrogens with one attached hydrogen (secondary N) is 1. The van der Waals surface area contributed by atoms with Gasteiger partial charge in [0, 0.05) is 26.2 Å². The molecular weight excluding hydrogens is 374 g/mol. The second-order valence-electron chi connectivity index (χ2n) is 6.06. The summed E-state index contributed by atoms with van der Waals surface area (Å²) in [4.78, 5) is -0.126. The molecule has 0 aliphatic heterocycles. The number of hydrogen-bond donors (Lipinski definition) is 2. The Morgan fingerprint density at radius 3 is 2.17 bits per heavy atom. The predicted octanol–water partition coefficient (Wildman–Crippen LogP) is 0.908.